The largest absolute Gasteiger partial charge is 0.352 e. The molecular formula is C14H18N2OS. The van der Waals surface area contributed by atoms with E-state index in [1.54, 1.807) is 11.8 Å². The minimum atomic E-state index is 0.0353. The summed E-state index contributed by atoms with van der Waals surface area (Å²) in [6.45, 7) is 1.99. The summed E-state index contributed by atoms with van der Waals surface area (Å²) in [6.07, 6.45) is 2.25. The molecule has 0 aromatic heterocycles. The molecule has 4 heteroatoms. The predicted molar refractivity (Wildman–Crippen MR) is 73.9 cm³/mol. The van der Waals surface area contributed by atoms with Crippen LogP contribution >= 0.6 is 11.8 Å². The number of amides is 1. The highest BCUT2D eigenvalue weighted by atomic mass is 32.2. The number of rotatable bonds is 2. The molecular weight excluding hydrogens is 244 g/mol. The van der Waals surface area contributed by atoms with Crippen molar-refractivity contribution in [3.05, 3.63) is 29.8 Å². The summed E-state index contributed by atoms with van der Waals surface area (Å²) in [5.74, 6) is 1.11. The van der Waals surface area contributed by atoms with Gasteiger partial charge in [0.25, 0.3) is 0 Å². The molecule has 3 nitrogen and oxygen atoms in total. The number of piperidine rings is 1. The molecule has 2 aliphatic heterocycles. The van der Waals surface area contributed by atoms with Gasteiger partial charge in [-0.1, -0.05) is 18.2 Å². The van der Waals surface area contributed by atoms with Crippen LogP contribution in [-0.2, 0) is 4.79 Å². The van der Waals surface area contributed by atoms with Crippen molar-refractivity contribution >= 4 is 17.7 Å². The van der Waals surface area contributed by atoms with E-state index >= 15 is 0 Å². The Morgan fingerprint density at radius 1 is 1.39 bits per heavy atom. The van der Waals surface area contributed by atoms with Gasteiger partial charge in [-0.05, 0) is 31.0 Å². The zero-order valence-electron chi connectivity index (χ0n) is 10.3. The van der Waals surface area contributed by atoms with Crippen molar-refractivity contribution < 1.29 is 4.79 Å². The van der Waals surface area contributed by atoms with Crippen LogP contribution in [0.25, 0.3) is 0 Å². The van der Waals surface area contributed by atoms with E-state index in [2.05, 4.69) is 22.8 Å². The highest BCUT2D eigenvalue weighted by molar-refractivity contribution is 7.99. The van der Waals surface area contributed by atoms with Crippen LogP contribution in [0.5, 0.6) is 0 Å². The van der Waals surface area contributed by atoms with E-state index in [4.69, 9.17) is 0 Å². The minimum Gasteiger partial charge on any atom is -0.352 e. The number of hydrogen-bond donors (Lipinski definition) is 2. The van der Waals surface area contributed by atoms with Crippen LogP contribution in [0, 0.1) is 0 Å². The van der Waals surface area contributed by atoms with Gasteiger partial charge in [-0.15, -0.1) is 11.8 Å². The number of benzene rings is 1. The molecule has 1 aromatic rings. The molecule has 1 aromatic carbocycles. The van der Waals surface area contributed by atoms with Crippen molar-refractivity contribution in [3.63, 3.8) is 0 Å². The van der Waals surface area contributed by atoms with Gasteiger partial charge in [0.15, 0.2) is 0 Å². The number of fused-ring (bicyclic) bond motifs is 1. The molecule has 1 fully saturated rings. The van der Waals surface area contributed by atoms with Gasteiger partial charge in [-0.2, -0.15) is 0 Å². The molecule has 2 atom stereocenters. The Morgan fingerprint density at radius 3 is 3.11 bits per heavy atom. The van der Waals surface area contributed by atoms with Crippen LogP contribution in [-0.4, -0.2) is 30.8 Å². The van der Waals surface area contributed by atoms with Crippen LogP contribution in [0.15, 0.2) is 29.2 Å². The lowest BCUT2D eigenvalue weighted by molar-refractivity contribution is -0.122. The molecule has 2 N–H and O–H groups in total. The fourth-order valence-electron chi connectivity index (χ4n) is 2.66. The van der Waals surface area contributed by atoms with Crippen molar-refractivity contribution in [1.82, 2.24) is 10.6 Å². The molecule has 1 amide bonds. The summed E-state index contributed by atoms with van der Waals surface area (Å²) < 4.78 is 0. The molecule has 0 bridgehead atoms. The average Bonchev–Trinajstić information content (AvgIpc) is 2.84. The third-order valence-electron chi connectivity index (χ3n) is 3.66. The van der Waals surface area contributed by atoms with Crippen LogP contribution in [0.4, 0.5) is 0 Å². The number of carbonyl (C=O) groups excluding carboxylic acids is 1. The first kappa shape index (κ1) is 12.1. The van der Waals surface area contributed by atoms with Gasteiger partial charge in [0.2, 0.25) is 5.91 Å². The van der Waals surface area contributed by atoms with Gasteiger partial charge < -0.3 is 10.6 Å². The smallest absolute Gasteiger partial charge is 0.228 e. The maximum absolute atomic E-state index is 12.3. The lowest BCUT2D eigenvalue weighted by atomic mass is 9.99. The van der Waals surface area contributed by atoms with Gasteiger partial charge in [0, 0.05) is 23.2 Å². The standard InChI is InChI=1S/C14H18N2OS/c17-14(16-10-4-3-7-15-8-10)12-9-18-13-6-2-1-5-11(12)13/h1-2,5-6,10,12,15H,3-4,7-9H2,(H,16,17)/t10-,12?/m0/s1. The summed E-state index contributed by atoms with van der Waals surface area (Å²) in [5.41, 5.74) is 1.20. The molecule has 1 unspecified atom stereocenters. The molecule has 0 saturated carbocycles. The Labute approximate surface area is 112 Å². The molecule has 18 heavy (non-hydrogen) atoms. The molecule has 96 valence electrons. The van der Waals surface area contributed by atoms with Crippen LogP contribution in [0.1, 0.15) is 24.3 Å². The third-order valence-corrected chi connectivity index (χ3v) is 4.84. The van der Waals surface area contributed by atoms with Gasteiger partial charge in [0.1, 0.15) is 0 Å². The van der Waals surface area contributed by atoms with Crippen molar-refractivity contribution in [3.8, 4) is 0 Å². The van der Waals surface area contributed by atoms with Crippen LogP contribution in [0.2, 0.25) is 0 Å². The Kier molecular flexibility index (Phi) is 3.57. The SMILES string of the molecule is O=C(N[C@H]1CCCNC1)C1CSc2ccccc21. The van der Waals surface area contributed by atoms with Gasteiger partial charge in [-0.3, -0.25) is 4.79 Å². The number of thioether (sulfide) groups is 1. The maximum atomic E-state index is 12.3. The summed E-state index contributed by atoms with van der Waals surface area (Å²) in [4.78, 5) is 13.6. The first-order chi connectivity index (χ1) is 8.84. The molecule has 2 heterocycles. The van der Waals surface area contributed by atoms with E-state index in [0.717, 1.165) is 31.7 Å². The molecule has 2 aliphatic rings. The Hall–Kier alpha value is -1.00. The monoisotopic (exact) mass is 262 g/mol. The molecule has 1 saturated heterocycles. The average molecular weight is 262 g/mol. The zero-order chi connectivity index (χ0) is 12.4. The summed E-state index contributed by atoms with van der Waals surface area (Å²) in [5, 5.41) is 6.52. The first-order valence-corrected chi connectivity index (χ1v) is 7.56. The quantitative estimate of drug-likeness (QED) is 0.853. The van der Waals surface area contributed by atoms with E-state index in [0.29, 0.717) is 6.04 Å². The lowest BCUT2D eigenvalue weighted by Crippen LogP contribution is -2.47. The second kappa shape index (κ2) is 5.33. The zero-order valence-corrected chi connectivity index (χ0v) is 11.1. The highest BCUT2D eigenvalue weighted by Gasteiger charge is 2.30. The first-order valence-electron chi connectivity index (χ1n) is 6.57. The molecule has 0 radical (unpaired) electrons. The van der Waals surface area contributed by atoms with Crippen molar-refractivity contribution in [2.24, 2.45) is 0 Å². The van der Waals surface area contributed by atoms with E-state index in [1.807, 2.05) is 12.1 Å². The molecule has 0 spiro atoms. The number of hydrogen-bond acceptors (Lipinski definition) is 3. The third kappa shape index (κ3) is 2.40. The van der Waals surface area contributed by atoms with Gasteiger partial charge >= 0.3 is 0 Å². The van der Waals surface area contributed by atoms with Gasteiger partial charge in [-0.25, -0.2) is 0 Å². The minimum absolute atomic E-state index is 0.0353. The van der Waals surface area contributed by atoms with E-state index < -0.39 is 0 Å². The molecule has 0 aliphatic carbocycles. The summed E-state index contributed by atoms with van der Waals surface area (Å²) in [7, 11) is 0. The fourth-order valence-corrected chi connectivity index (χ4v) is 3.89. The summed E-state index contributed by atoms with van der Waals surface area (Å²) in [6, 6.07) is 8.56. The molecule has 3 rings (SSSR count). The van der Waals surface area contributed by atoms with Crippen molar-refractivity contribution in [1.29, 1.82) is 0 Å². The van der Waals surface area contributed by atoms with Crippen LogP contribution in [0.3, 0.4) is 0 Å². The van der Waals surface area contributed by atoms with Crippen molar-refractivity contribution in [2.45, 2.75) is 29.7 Å². The fraction of sp³-hybridized carbons (Fsp3) is 0.500. The van der Waals surface area contributed by atoms with E-state index in [1.165, 1.54) is 10.5 Å². The second-order valence-electron chi connectivity index (χ2n) is 4.95. The summed E-state index contributed by atoms with van der Waals surface area (Å²) >= 11 is 1.79. The van der Waals surface area contributed by atoms with E-state index in [-0.39, 0.29) is 11.8 Å². The predicted octanol–water partition coefficient (Wildman–Crippen LogP) is 1.74. The number of carbonyl (C=O) groups is 1. The Balaban J connectivity index is 1.67. The van der Waals surface area contributed by atoms with E-state index in [9.17, 15) is 4.79 Å². The second-order valence-corrected chi connectivity index (χ2v) is 6.02. The lowest BCUT2D eigenvalue weighted by Gasteiger charge is -2.25. The highest BCUT2D eigenvalue weighted by Crippen LogP contribution is 2.39. The Bertz CT molecular complexity index is 443. The maximum Gasteiger partial charge on any atom is 0.228 e. The number of nitrogens with one attached hydrogen (secondary N) is 2. The normalized spacial score (nSPS) is 26.7. The van der Waals surface area contributed by atoms with Crippen LogP contribution < -0.4 is 10.6 Å². The van der Waals surface area contributed by atoms with Gasteiger partial charge in [0.05, 0.1) is 5.92 Å². The Morgan fingerprint density at radius 2 is 2.28 bits per heavy atom. The van der Waals surface area contributed by atoms with Crippen molar-refractivity contribution in [2.75, 3.05) is 18.8 Å². The topological polar surface area (TPSA) is 41.1 Å².